The van der Waals surface area contributed by atoms with Crippen LogP contribution in [-0.2, 0) is 14.8 Å². The van der Waals surface area contributed by atoms with E-state index >= 15 is 0 Å². The maximum Gasteiger partial charge on any atom is 0.338 e. The lowest BCUT2D eigenvalue weighted by atomic mass is 10.2. The van der Waals surface area contributed by atoms with Crippen molar-refractivity contribution in [2.24, 2.45) is 0 Å². The molecule has 0 bridgehead atoms. The van der Waals surface area contributed by atoms with Crippen molar-refractivity contribution in [3.63, 3.8) is 0 Å². The summed E-state index contributed by atoms with van der Waals surface area (Å²) in [5.41, 5.74) is 0.780. The SMILES string of the molecule is CCCCOC(=O)c1ccc(NS(=O)(=O)c2ccc(SC)cc2)cc1. The number of carbonyl (C=O) groups is 1. The van der Waals surface area contributed by atoms with E-state index in [4.69, 9.17) is 4.74 Å². The van der Waals surface area contributed by atoms with Crippen LogP contribution in [0.1, 0.15) is 30.1 Å². The summed E-state index contributed by atoms with van der Waals surface area (Å²) < 4.78 is 32.4. The molecule has 25 heavy (non-hydrogen) atoms. The van der Waals surface area contributed by atoms with Crippen LogP contribution in [0.2, 0.25) is 0 Å². The Balaban J connectivity index is 2.05. The van der Waals surface area contributed by atoms with Gasteiger partial charge in [-0.05, 0) is 61.2 Å². The van der Waals surface area contributed by atoms with Crippen molar-refractivity contribution in [3.8, 4) is 0 Å². The number of ether oxygens (including phenoxy) is 1. The number of carbonyl (C=O) groups excluding carboxylic acids is 1. The Hall–Kier alpha value is -1.99. The van der Waals surface area contributed by atoms with Crippen LogP contribution in [0.3, 0.4) is 0 Å². The van der Waals surface area contributed by atoms with Crippen LogP contribution in [0.15, 0.2) is 58.3 Å². The second-order valence-corrected chi connectivity index (χ2v) is 7.91. The van der Waals surface area contributed by atoms with Gasteiger partial charge in [0.15, 0.2) is 0 Å². The van der Waals surface area contributed by atoms with Gasteiger partial charge in [-0.1, -0.05) is 13.3 Å². The van der Waals surface area contributed by atoms with Gasteiger partial charge in [-0.3, -0.25) is 4.72 Å². The second kappa shape index (κ2) is 8.92. The zero-order valence-electron chi connectivity index (χ0n) is 14.2. The number of thioether (sulfide) groups is 1. The van der Waals surface area contributed by atoms with E-state index in [-0.39, 0.29) is 4.90 Å². The molecule has 5 nitrogen and oxygen atoms in total. The number of unbranched alkanes of at least 4 members (excludes halogenated alkanes) is 1. The summed E-state index contributed by atoms with van der Waals surface area (Å²) in [5.74, 6) is -0.407. The molecule has 0 aliphatic rings. The molecule has 2 rings (SSSR count). The van der Waals surface area contributed by atoms with Crippen molar-refractivity contribution in [2.45, 2.75) is 29.6 Å². The molecule has 2 aromatic carbocycles. The zero-order valence-corrected chi connectivity index (χ0v) is 15.8. The fraction of sp³-hybridized carbons (Fsp3) is 0.278. The van der Waals surface area contributed by atoms with Crippen LogP contribution < -0.4 is 4.72 Å². The molecule has 0 fully saturated rings. The fourth-order valence-corrected chi connectivity index (χ4v) is 3.50. The Morgan fingerprint density at radius 1 is 1.08 bits per heavy atom. The minimum Gasteiger partial charge on any atom is -0.462 e. The Bertz CT molecular complexity index is 800. The summed E-state index contributed by atoms with van der Waals surface area (Å²) in [7, 11) is -3.66. The molecule has 0 saturated heterocycles. The summed E-state index contributed by atoms with van der Waals surface area (Å²) in [6.45, 7) is 2.40. The molecule has 0 atom stereocenters. The molecule has 0 aliphatic carbocycles. The number of hydrogen-bond acceptors (Lipinski definition) is 5. The highest BCUT2D eigenvalue weighted by molar-refractivity contribution is 7.98. The molecule has 0 radical (unpaired) electrons. The number of nitrogens with one attached hydrogen (secondary N) is 1. The topological polar surface area (TPSA) is 72.5 Å². The molecule has 0 aromatic heterocycles. The average molecular weight is 380 g/mol. The third-order valence-electron chi connectivity index (χ3n) is 3.47. The first-order valence-corrected chi connectivity index (χ1v) is 10.6. The van der Waals surface area contributed by atoms with Gasteiger partial charge in [-0.25, -0.2) is 13.2 Å². The number of rotatable bonds is 8. The van der Waals surface area contributed by atoms with Gasteiger partial charge in [0.05, 0.1) is 17.1 Å². The second-order valence-electron chi connectivity index (χ2n) is 5.35. The first-order valence-electron chi connectivity index (χ1n) is 7.90. The van der Waals surface area contributed by atoms with Crippen LogP contribution in [0.25, 0.3) is 0 Å². The highest BCUT2D eigenvalue weighted by Crippen LogP contribution is 2.20. The zero-order chi connectivity index (χ0) is 18.3. The molecule has 0 amide bonds. The summed E-state index contributed by atoms with van der Waals surface area (Å²) in [6, 6.07) is 12.8. The summed E-state index contributed by atoms with van der Waals surface area (Å²) in [4.78, 5) is 13.0. The number of sulfonamides is 1. The average Bonchev–Trinajstić information content (AvgIpc) is 2.62. The highest BCUT2D eigenvalue weighted by Gasteiger charge is 2.14. The third kappa shape index (κ3) is 5.51. The summed E-state index contributed by atoms with van der Waals surface area (Å²) in [6.07, 6.45) is 3.70. The molecule has 0 spiro atoms. The minimum absolute atomic E-state index is 0.188. The standard InChI is InChI=1S/C18H21NO4S2/c1-3-4-13-23-18(20)14-5-7-15(8-6-14)19-25(21,22)17-11-9-16(24-2)10-12-17/h5-12,19H,3-4,13H2,1-2H3. The predicted molar refractivity (Wildman–Crippen MR) is 101 cm³/mol. The van der Waals surface area contributed by atoms with E-state index in [0.29, 0.717) is 17.9 Å². The van der Waals surface area contributed by atoms with Gasteiger partial charge < -0.3 is 4.74 Å². The molecule has 0 unspecified atom stereocenters. The van der Waals surface area contributed by atoms with E-state index in [2.05, 4.69) is 4.72 Å². The molecule has 1 N–H and O–H groups in total. The summed E-state index contributed by atoms with van der Waals surface area (Å²) in [5, 5.41) is 0. The van der Waals surface area contributed by atoms with Gasteiger partial charge in [0, 0.05) is 10.6 Å². The first-order chi connectivity index (χ1) is 12.0. The highest BCUT2D eigenvalue weighted by atomic mass is 32.2. The van der Waals surface area contributed by atoms with Crippen molar-refractivity contribution in [2.75, 3.05) is 17.6 Å². The molecular weight excluding hydrogens is 358 g/mol. The Kier molecular flexibility index (Phi) is 6.90. The molecule has 2 aromatic rings. The van der Waals surface area contributed by atoms with Crippen LogP contribution in [0.4, 0.5) is 5.69 Å². The maximum atomic E-state index is 12.4. The van der Waals surface area contributed by atoms with Crippen LogP contribution in [-0.4, -0.2) is 27.2 Å². The quantitative estimate of drug-likeness (QED) is 0.423. The number of benzene rings is 2. The van der Waals surface area contributed by atoms with E-state index in [0.717, 1.165) is 17.7 Å². The van der Waals surface area contributed by atoms with Gasteiger partial charge in [0.25, 0.3) is 10.0 Å². The van der Waals surface area contributed by atoms with Gasteiger partial charge in [0.1, 0.15) is 0 Å². The van der Waals surface area contributed by atoms with Gasteiger partial charge in [-0.15, -0.1) is 11.8 Å². The Labute approximate surface area is 152 Å². The Morgan fingerprint density at radius 2 is 1.72 bits per heavy atom. The molecule has 0 saturated carbocycles. The minimum atomic E-state index is -3.66. The van der Waals surface area contributed by atoms with Crippen molar-refractivity contribution >= 4 is 33.4 Å². The first kappa shape index (κ1) is 19.3. The fourth-order valence-electron chi connectivity index (χ4n) is 2.04. The Morgan fingerprint density at radius 3 is 2.28 bits per heavy atom. The van der Waals surface area contributed by atoms with Crippen molar-refractivity contribution < 1.29 is 17.9 Å². The van der Waals surface area contributed by atoms with Crippen LogP contribution in [0.5, 0.6) is 0 Å². The number of esters is 1. The third-order valence-corrected chi connectivity index (χ3v) is 5.61. The normalized spacial score (nSPS) is 11.1. The monoisotopic (exact) mass is 379 g/mol. The van der Waals surface area contributed by atoms with Crippen molar-refractivity contribution in [3.05, 3.63) is 54.1 Å². The molecule has 134 valence electrons. The predicted octanol–water partition coefficient (Wildman–Crippen LogP) is 4.17. The lowest BCUT2D eigenvalue weighted by Gasteiger charge is -2.09. The van der Waals surface area contributed by atoms with E-state index in [1.54, 1.807) is 60.3 Å². The molecular formula is C18H21NO4S2. The maximum absolute atomic E-state index is 12.4. The lowest BCUT2D eigenvalue weighted by Crippen LogP contribution is -2.13. The van der Waals surface area contributed by atoms with E-state index in [1.807, 2.05) is 13.2 Å². The number of hydrogen-bond donors (Lipinski definition) is 1. The molecule has 0 aliphatic heterocycles. The van der Waals surface area contributed by atoms with E-state index in [9.17, 15) is 13.2 Å². The largest absolute Gasteiger partial charge is 0.462 e. The van der Waals surface area contributed by atoms with Gasteiger partial charge in [0.2, 0.25) is 0 Å². The smallest absolute Gasteiger partial charge is 0.338 e. The van der Waals surface area contributed by atoms with Gasteiger partial charge >= 0.3 is 5.97 Å². The van der Waals surface area contributed by atoms with Crippen molar-refractivity contribution in [1.82, 2.24) is 0 Å². The summed E-state index contributed by atoms with van der Waals surface area (Å²) >= 11 is 1.54. The van der Waals surface area contributed by atoms with E-state index in [1.165, 1.54) is 0 Å². The van der Waals surface area contributed by atoms with Crippen LogP contribution in [0, 0.1) is 0 Å². The number of anilines is 1. The van der Waals surface area contributed by atoms with Gasteiger partial charge in [-0.2, -0.15) is 0 Å². The lowest BCUT2D eigenvalue weighted by molar-refractivity contribution is 0.0500. The van der Waals surface area contributed by atoms with Crippen molar-refractivity contribution in [1.29, 1.82) is 0 Å². The molecule has 0 heterocycles. The van der Waals surface area contributed by atoms with Crippen LogP contribution >= 0.6 is 11.8 Å². The molecule has 7 heteroatoms. The van der Waals surface area contributed by atoms with E-state index < -0.39 is 16.0 Å².